The van der Waals surface area contributed by atoms with E-state index >= 15 is 0 Å². The normalized spacial score (nSPS) is 15.2. The predicted molar refractivity (Wildman–Crippen MR) is 110 cm³/mol. The van der Waals surface area contributed by atoms with Gasteiger partial charge in [0, 0.05) is 6.07 Å². The molecular weight excluding hydrogens is 368 g/mol. The van der Waals surface area contributed by atoms with Crippen molar-refractivity contribution in [3.63, 3.8) is 0 Å². The van der Waals surface area contributed by atoms with Gasteiger partial charge in [-0.1, -0.05) is 42.5 Å². The molecule has 2 aromatic carbocycles. The summed E-state index contributed by atoms with van der Waals surface area (Å²) in [7, 11) is 0. The summed E-state index contributed by atoms with van der Waals surface area (Å²) >= 11 is 0. The highest BCUT2D eigenvalue weighted by atomic mass is 16.6. The second kappa shape index (κ2) is 8.49. The topological polar surface area (TPSA) is 62.6 Å². The molecule has 0 fully saturated rings. The van der Waals surface area contributed by atoms with Gasteiger partial charge in [-0.15, -0.1) is 0 Å². The van der Waals surface area contributed by atoms with E-state index in [-0.39, 0.29) is 17.8 Å². The Kier molecular flexibility index (Phi) is 5.62. The molecule has 0 radical (unpaired) electrons. The summed E-state index contributed by atoms with van der Waals surface area (Å²) in [5.74, 6) is 0.773. The van der Waals surface area contributed by atoms with Gasteiger partial charge in [0.1, 0.15) is 12.4 Å². The molecule has 0 saturated heterocycles. The first-order chi connectivity index (χ1) is 14.1. The quantitative estimate of drug-likeness (QED) is 0.614. The molecule has 150 valence electrons. The largest absolute Gasteiger partial charge is 0.490 e. The molecule has 0 N–H and O–H groups in total. The van der Waals surface area contributed by atoms with Crippen LogP contribution in [0.25, 0.3) is 11.1 Å². The third-order valence-corrected chi connectivity index (χ3v) is 4.69. The zero-order chi connectivity index (χ0) is 20.2. The van der Waals surface area contributed by atoms with Gasteiger partial charge in [-0.2, -0.15) is 4.98 Å². The number of hydrogen-bond donors (Lipinski definition) is 0. The van der Waals surface area contributed by atoms with Crippen LogP contribution in [0, 0.1) is 0 Å². The first-order valence-corrected chi connectivity index (χ1v) is 9.76. The zero-order valence-electron chi connectivity index (χ0n) is 16.6. The molecule has 1 atom stereocenters. The maximum absolute atomic E-state index is 11.8. The fourth-order valence-electron chi connectivity index (χ4n) is 3.23. The molecule has 29 heavy (non-hydrogen) atoms. The molecular formula is C23H24N2O4. The predicted octanol–water partition coefficient (Wildman–Crippen LogP) is 3.68. The van der Waals surface area contributed by atoms with Crippen LogP contribution in [-0.2, 0) is 17.9 Å². The van der Waals surface area contributed by atoms with Crippen molar-refractivity contribution in [2.45, 2.75) is 39.2 Å². The lowest BCUT2D eigenvalue weighted by atomic mass is 10.1. The molecule has 6 nitrogen and oxygen atoms in total. The summed E-state index contributed by atoms with van der Waals surface area (Å²) in [4.78, 5) is 15.8. The van der Waals surface area contributed by atoms with Crippen LogP contribution < -0.4 is 15.0 Å². The molecule has 0 spiro atoms. The van der Waals surface area contributed by atoms with E-state index in [9.17, 15) is 4.79 Å². The molecule has 0 bridgehead atoms. The third-order valence-electron chi connectivity index (χ3n) is 4.69. The van der Waals surface area contributed by atoms with Crippen LogP contribution in [0.5, 0.6) is 11.8 Å². The van der Waals surface area contributed by atoms with Gasteiger partial charge in [0.2, 0.25) is 0 Å². The van der Waals surface area contributed by atoms with Crippen LogP contribution in [0.3, 0.4) is 0 Å². The summed E-state index contributed by atoms with van der Waals surface area (Å²) < 4.78 is 19.3. The van der Waals surface area contributed by atoms with Gasteiger partial charge in [-0.05, 0) is 37.1 Å². The van der Waals surface area contributed by atoms with E-state index in [0.29, 0.717) is 25.8 Å². The highest BCUT2D eigenvalue weighted by Crippen LogP contribution is 2.24. The summed E-state index contributed by atoms with van der Waals surface area (Å²) in [5.41, 5.74) is 2.75. The maximum Gasteiger partial charge on any atom is 0.300 e. The van der Waals surface area contributed by atoms with Crippen molar-refractivity contribution in [1.29, 1.82) is 0 Å². The summed E-state index contributed by atoms with van der Waals surface area (Å²) in [5, 5.41) is 0. The molecule has 2 heterocycles. The van der Waals surface area contributed by atoms with Crippen molar-refractivity contribution in [3.8, 4) is 22.9 Å². The Morgan fingerprint density at radius 1 is 1.10 bits per heavy atom. The van der Waals surface area contributed by atoms with Crippen LogP contribution in [-0.4, -0.2) is 28.4 Å². The number of benzene rings is 2. The first-order valence-electron chi connectivity index (χ1n) is 9.76. The molecule has 0 unspecified atom stereocenters. The average molecular weight is 392 g/mol. The fourth-order valence-corrected chi connectivity index (χ4v) is 3.23. The maximum atomic E-state index is 11.8. The van der Waals surface area contributed by atoms with Crippen molar-refractivity contribution in [2.24, 2.45) is 0 Å². The van der Waals surface area contributed by atoms with Crippen LogP contribution in [0.15, 0.2) is 65.5 Å². The average Bonchev–Trinajstić information content (AvgIpc) is 3.14. The Bertz CT molecular complexity index is 1010. The van der Waals surface area contributed by atoms with Crippen molar-refractivity contribution in [3.05, 3.63) is 76.7 Å². The Morgan fingerprint density at radius 2 is 1.83 bits per heavy atom. The molecule has 0 saturated carbocycles. The lowest BCUT2D eigenvalue weighted by molar-refractivity contribution is 0.0613. The van der Waals surface area contributed by atoms with Crippen molar-refractivity contribution >= 4 is 0 Å². The van der Waals surface area contributed by atoms with Gasteiger partial charge in [0.25, 0.3) is 5.56 Å². The minimum absolute atomic E-state index is 0.0785. The van der Waals surface area contributed by atoms with Gasteiger partial charge in [0.05, 0.1) is 24.9 Å². The number of fused-ring (bicyclic) bond motifs is 1. The number of hydrogen-bond acceptors (Lipinski definition) is 5. The number of nitrogens with zero attached hydrogens (tertiary/aromatic N) is 2. The van der Waals surface area contributed by atoms with E-state index in [1.807, 2.05) is 60.9 Å². The van der Waals surface area contributed by atoms with E-state index in [2.05, 4.69) is 17.1 Å². The third kappa shape index (κ3) is 4.66. The van der Waals surface area contributed by atoms with Gasteiger partial charge in [0.15, 0.2) is 6.10 Å². The lowest BCUT2D eigenvalue weighted by Crippen LogP contribution is -2.23. The van der Waals surface area contributed by atoms with Crippen LogP contribution in [0.2, 0.25) is 0 Å². The Labute approximate surface area is 169 Å². The second-order valence-electron chi connectivity index (χ2n) is 7.28. The van der Waals surface area contributed by atoms with E-state index < -0.39 is 0 Å². The molecule has 0 aliphatic carbocycles. The van der Waals surface area contributed by atoms with Crippen LogP contribution >= 0.6 is 0 Å². The lowest BCUT2D eigenvalue weighted by Gasteiger charge is -2.12. The molecule has 3 aromatic rings. The van der Waals surface area contributed by atoms with E-state index in [4.69, 9.17) is 14.2 Å². The number of rotatable bonds is 7. The standard InChI is InChI=1S/C23H24N2O4/c1-16(2)27-14-19-12-22(26)24-23-25(19)13-21(29-23)15-28-20-10-8-18(9-11-20)17-6-4-3-5-7-17/h3-12,16,21H,13-15H2,1-2H3/t21-/m0/s1. The Hall–Kier alpha value is -3.12. The minimum atomic E-state index is -0.323. The van der Waals surface area contributed by atoms with E-state index in [1.54, 1.807) is 0 Å². The highest BCUT2D eigenvalue weighted by molar-refractivity contribution is 5.63. The SMILES string of the molecule is CC(C)OCc1cc(=O)nc2n1C[C@@H](COc1ccc(-c3ccccc3)cc1)O2. The van der Waals surface area contributed by atoms with Gasteiger partial charge >= 0.3 is 6.01 Å². The van der Waals surface area contributed by atoms with E-state index in [1.165, 1.54) is 11.6 Å². The molecule has 1 aliphatic rings. The highest BCUT2D eigenvalue weighted by Gasteiger charge is 2.26. The molecule has 4 rings (SSSR count). The smallest absolute Gasteiger partial charge is 0.300 e. The summed E-state index contributed by atoms with van der Waals surface area (Å²) in [6.07, 6.45) is -0.134. The number of aromatic nitrogens is 2. The summed E-state index contributed by atoms with van der Waals surface area (Å²) in [6, 6.07) is 20.0. The molecule has 1 aliphatic heterocycles. The number of ether oxygens (including phenoxy) is 3. The molecule has 6 heteroatoms. The molecule has 0 amide bonds. The van der Waals surface area contributed by atoms with E-state index in [0.717, 1.165) is 17.0 Å². The monoisotopic (exact) mass is 392 g/mol. The summed E-state index contributed by atoms with van der Waals surface area (Å²) in [6.45, 7) is 5.20. The van der Waals surface area contributed by atoms with Gasteiger partial charge in [-0.3, -0.25) is 9.36 Å². The van der Waals surface area contributed by atoms with Crippen molar-refractivity contribution < 1.29 is 14.2 Å². The minimum Gasteiger partial charge on any atom is -0.490 e. The van der Waals surface area contributed by atoms with Crippen molar-refractivity contribution in [2.75, 3.05) is 6.61 Å². The Balaban J connectivity index is 1.38. The van der Waals surface area contributed by atoms with Crippen LogP contribution in [0.4, 0.5) is 0 Å². The molecule has 1 aromatic heterocycles. The van der Waals surface area contributed by atoms with Crippen LogP contribution in [0.1, 0.15) is 19.5 Å². The van der Waals surface area contributed by atoms with Crippen molar-refractivity contribution in [1.82, 2.24) is 9.55 Å². The van der Waals surface area contributed by atoms with Gasteiger partial charge < -0.3 is 14.2 Å². The second-order valence-corrected chi connectivity index (χ2v) is 7.28. The first kappa shape index (κ1) is 19.2. The van der Waals surface area contributed by atoms with Gasteiger partial charge in [-0.25, -0.2) is 0 Å². The zero-order valence-corrected chi connectivity index (χ0v) is 16.6. The Morgan fingerprint density at radius 3 is 2.55 bits per heavy atom. The fraction of sp³-hybridized carbons (Fsp3) is 0.304.